The first-order valence-electron chi connectivity index (χ1n) is 19.6. The number of hydrogen-bond donors (Lipinski definition) is 0. The Hall–Kier alpha value is -7.42. The standard InChI is InChI=1S/C55H37NO/c1-4-19-38(20-5-1)42-36-35-41(37-47(42)39-21-6-2-7-22-39)56(40-23-8-3-9-24-40)52-33-16-12-27-45(52)46-28-18-32-51-54(46)57-53-34-17-15-31-50(53)55(51)48-29-13-10-25-43(48)44-26-11-14-30-49(44)55/h1-37H. The third kappa shape index (κ3) is 5.11. The van der Waals surface area contributed by atoms with E-state index in [1.807, 2.05) is 0 Å². The Morgan fingerprint density at radius 3 is 1.51 bits per heavy atom. The number of hydrogen-bond acceptors (Lipinski definition) is 2. The van der Waals surface area contributed by atoms with Gasteiger partial charge in [-0.2, -0.15) is 0 Å². The summed E-state index contributed by atoms with van der Waals surface area (Å²) in [7, 11) is 0. The quantitative estimate of drug-likeness (QED) is 0.169. The summed E-state index contributed by atoms with van der Waals surface area (Å²) in [6, 6.07) is 80.8. The van der Waals surface area contributed by atoms with Crippen molar-refractivity contribution in [2.24, 2.45) is 0 Å². The maximum Gasteiger partial charge on any atom is 0.140 e. The first kappa shape index (κ1) is 33.0. The van der Waals surface area contributed by atoms with Gasteiger partial charge in [0, 0.05) is 33.6 Å². The molecule has 268 valence electrons. The molecule has 0 atom stereocenters. The molecule has 0 aromatic heterocycles. The van der Waals surface area contributed by atoms with Gasteiger partial charge >= 0.3 is 0 Å². The number of rotatable bonds is 6. The SMILES string of the molecule is c1ccc(-c2ccc(N(c3ccccc3)c3ccccc3-c3cccc4c3Oc3ccccc3C43c4ccccc4-c4ccccc43)cc2-c2ccccc2)cc1. The topological polar surface area (TPSA) is 12.5 Å². The molecule has 57 heavy (non-hydrogen) atoms. The van der Waals surface area contributed by atoms with Crippen LogP contribution in [0.25, 0.3) is 44.5 Å². The molecule has 0 saturated carbocycles. The highest BCUT2D eigenvalue weighted by molar-refractivity contribution is 5.96. The van der Waals surface area contributed by atoms with Crippen molar-refractivity contribution in [2.75, 3.05) is 4.90 Å². The van der Waals surface area contributed by atoms with Crippen LogP contribution < -0.4 is 9.64 Å². The molecule has 1 spiro atoms. The molecule has 1 aliphatic carbocycles. The molecule has 0 N–H and O–H groups in total. The maximum atomic E-state index is 7.15. The highest BCUT2D eigenvalue weighted by Gasteiger charge is 2.51. The molecule has 2 aliphatic rings. The van der Waals surface area contributed by atoms with Crippen LogP contribution in [-0.2, 0) is 5.41 Å². The molecule has 11 rings (SSSR count). The van der Waals surface area contributed by atoms with Crippen LogP contribution in [-0.4, -0.2) is 0 Å². The van der Waals surface area contributed by atoms with E-state index in [4.69, 9.17) is 4.74 Å². The summed E-state index contributed by atoms with van der Waals surface area (Å²) in [5.41, 5.74) is 16.9. The lowest BCUT2D eigenvalue weighted by molar-refractivity contribution is 0.438. The first-order valence-corrected chi connectivity index (χ1v) is 19.6. The van der Waals surface area contributed by atoms with Crippen molar-refractivity contribution in [1.82, 2.24) is 0 Å². The van der Waals surface area contributed by atoms with Crippen LogP contribution in [0.5, 0.6) is 11.5 Å². The van der Waals surface area contributed by atoms with Crippen LogP contribution in [0.4, 0.5) is 17.1 Å². The molecule has 2 heteroatoms. The fourth-order valence-corrected chi connectivity index (χ4v) is 9.39. The van der Waals surface area contributed by atoms with Crippen LogP contribution in [0.3, 0.4) is 0 Å². The van der Waals surface area contributed by atoms with Crippen molar-refractivity contribution in [2.45, 2.75) is 5.41 Å². The zero-order valence-electron chi connectivity index (χ0n) is 31.2. The Labute approximate surface area is 333 Å². The van der Waals surface area contributed by atoms with Gasteiger partial charge in [0.15, 0.2) is 0 Å². The summed E-state index contributed by atoms with van der Waals surface area (Å²) in [6.45, 7) is 0. The molecule has 9 aromatic carbocycles. The van der Waals surface area contributed by atoms with Crippen molar-refractivity contribution in [3.63, 3.8) is 0 Å². The van der Waals surface area contributed by atoms with Gasteiger partial charge < -0.3 is 9.64 Å². The molecule has 9 aromatic rings. The van der Waals surface area contributed by atoms with Gasteiger partial charge in [0.25, 0.3) is 0 Å². The molecule has 2 nitrogen and oxygen atoms in total. The number of anilines is 3. The molecule has 0 amide bonds. The van der Waals surface area contributed by atoms with E-state index >= 15 is 0 Å². The van der Waals surface area contributed by atoms with E-state index in [0.717, 1.165) is 50.8 Å². The highest BCUT2D eigenvalue weighted by atomic mass is 16.5. The lowest BCUT2D eigenvalue weighted by Crippen LogP contribution is -2.32. The van der Waals surface area contributed by atoms with Gasteiger partial charge in [0.05, 0.1) is 11.1 Å². The van der Waals surface area contributed by atoms with Crippen LogP contribution in [0.1, 0.15) is 22.3 Å². The minimum Gasteiger partial charge on any atom is -0.456 e. The van der Waals surface area contributed by atoms with Gasteiger partial charge in [-0.15, -0.1) is 0 Å². The molecule has 0 radical (unpaired) electrons. The molecule has 1 aliphatic heterocycles. The summed E-state index contributed by atoms with van der Waals surface area (Å²) in [5.74, 6) is 1.76. The summed E-state index contributed by atoms with van der Waals surface area (Å²) < 4.78 is 7.15. The van der Waals surface area contributed by atoms with Gasteiger partial charge in [0.1, 0.15) is 11.5 Å². The van der Waals surface area contributed by atoms with Crippen molar-refractivity contribution >= 4 is 17.1 Å². The second kappa shape index (κ2) is 13.4. The Bertz CT molecular complexity index is 2890. The number of para-hydroxylation sites is 4. The van der Waals surface area contributed by atoms with Gasteiger partial charge in [-0.05, 0) is 80.9 Å². The second-order valence-corrected chi connectivity index (χ2v) is 14.8. The van der Waals surface area contributed by atoms with Gasteiger partial charge in [-0.25, -0.2) is 0 Å². The number of fused-ring (bicyclic) bond motifs is 9. The highest BCUT2D eigenvalue weighted by Crippen LogP contribution is 2.63. The Kier molecular flexibility index (Phi) is 7.75. The zero-order chi connectivity index (χ0) is 37.8. The average Bonchev–Trinajstić information content (AvgIpc) is 3.58. The zero-order valence-corrected chi connectivity index (χ0v) is 31.2. The average molecular weight is 728 g/mol. The summed E-state index contributed by atoms with van der Waals surface area (Å²) in [4.78, 5) is 2.39. The van der Waals surface area contributed by atoms with Crippen LogP contribution in [0, 0.1) is 0 Å². The predicted octanol–water partition coefficient (Wildman–Crippen LogP) is 14.6. The van der Waals surface area contributed by atoms with Gasteiger partial charge in [0.2, 0.25) is 0 Å². The minimum atomic E-state index is -0.542. The predicted molar refractivity (Wildman–Crippen MR) is 235 cm³/mol. The smallest absolute Gasteiger partial charge is 0.140 e. The van der Waals surface area contributed by atoms with Crippen LogP contribution >= 0.6 is 0 Å². The molecule has 1 heterocycles. The normalized spacial score (nSPS) is 12.8. The summed E-state index contributed by atoms with van der Waals surface area (Å²) >= 11 is 0. The number of nitrogens with zero attached hydrogens (tertiary/aromatic N) is 1. The van der Waals surface area contributed by atoms with E-state index in [-0.39, 0.29) is 0 Å². The maximum absolute atomic E-state index is 7.15. The van der Waals surface area contributed by atoms with E-state index < -0.39 is 5.41 Å². The summed E-state index contributed by atoms with van der Waals surface area (Å²) in [5, 5.41) is 0. The molecule has 0 unspecified atom stereocenters. The molecule has 0 saturated heterocycles. The Balaban J connectivity index is 1.16. The van der Waals surface area contributed by atoms with E-state index in [0.29, 0.717) is 0 Å². The van der Waals surface area contributed by atoms with Gasteiger partial charge in [-0.3, -0.25) is 0 Å². The fourth-order valence-electron chi connectivity index (χ4n) is 9.39. The van der Waals surface area contributed by atoms with Crippen LogP contribution in [0.2, 0.25) is 0 Å². The largest absolute Gasteiger partial charge is 0.456 e. The van der Waals surface area contributed by atoms with Crippen molar-refractivity contribution in [1.29, 1.82) is 0 Å². The van der Waals surface area contributed by atoms with Gasteiger partial charge in [-0.1, -0.05) is 188 Å². The molecular weight excluding hydrogens is 691 g/mol. The van der Waals surface area contributed by atoms with E-state index in [2.05, 4.69) is 229 Å². The van der Waals surface area contributed by atoms with Crippen molar-refractivity contribution < 1.29 is 4.74 Å². The van der Waals surface area contributed by atoms with E-state index in [1.54, 1.807) is 0 Å². The fraction of sp³-hybridized carbons (Fsp3) is 0.0182. The van der Waals surface area contributed by atoms with E-state index in [1.165, 1.54) is 44.5 Å². The van der Waals surface area contributed by atoms with Crippen LogP contribution in [0.15, 0.2) is 224 Å². The number of benzene rings is 9. The van der Waals surface area contributed by atoms with Crippen molar-refractivity contribution in [3.8, 4) is 56.0 Å². The summed E-state index contributed by atoms with van der Waals surface area (Å²) in [6.07, 6.45) is 0. The number of ether oxygens (including phenoxy) is 1. The second-order valence-electron chi connectivity index (χ2n) is 14.8. The lowest BCUT2D eigenvalue weighted by Gasteiger charge is -2.40. The Morgan fingerprint density at radius 1 is 0.316 bits per heavy atom. The lowest BCUT2D eigenvalue weighted by atomic mass is 9.65. The molecule has 0 bridgehead atoms. The molecular formula is C55H37NO. The third-order valence-electron chi connectivity index (χ3n) is 11.8. The Morgan fingerprint density at radius 2 is 0.825 bits per heavy atom. The third-order valence-corrected chi connectivity index (χ3v) is 11.8. The van der Waals surface area contributed by atoms with Crippen molar-refractivity contribution in [3.05, 3.63) is 247 Å². The monoisotopic (exact) mass is 727 g/mol. The van der Waals surface area contributed by atoms with E-state index in [9.17, 15) is 0 Å². The molecule has 0 fully saturated rings. The minimum absolute atomic E-state index is 0.542. The first-order chi connectivity index (χ1) is 28.3.